The molecular formula is C10H15N5O. The van der Waals surface area contributed by atoms with Gasteiger partial charge in [-0.25, -0.2) is 4.98 Å². The Bertz CT molecular complexity index is 448. The monoisotopic (exact) mass is 221 g/mol. The van der Waals surface area contributed by atoms with Gasteiger partial charge in [-0.1, -0.05) is 5.16 Å². The Hall–Kier alpha value is -1.69. The first-order chi connectivity index (χ1) is 7.81. The second-order valence-electron chi connectivity index (χ2n) is 3.65. The van der Waals surface area contributed by atoms with Crippen molar-refractivity contribution in [2.75, 3.05) is 6.54 Å². The van der Waals surface area contributed by atoms with Gasteiger partial charge in [0.05, 0.1) is 12.5 Å². The van der Waals surface area contributed by atoms with Crippen molar-refractivity contribution in [2.24, 2.45) is 12.8 Å². The van der Waals surface area contributed by atoms with Crippen LogP contribution in [0, 0.1) is 0 Å². The standard InChI is InChI=1S/C10H15N5O/c1-15-7-12-6-8(15)10-13-9(16-14-10)4-2-3-5-11/h6-7H,2-5,11H2,1H3. The highest BCUT2D eigenvalue weighted by Crippen LogP contribution is 2.14. The smallest absolute Gasteiger partial charge is 0.227 e. The summed E-state index contributed by atoms with van der Waals surface area (Å²) < 4.78 is 7.00. The maximum absolute atomic E-state index is 5.42. The van der Waals surface area contributed by atoms with Crippen molar-refractivity contribution in [3.63, 3.8) is 0 Å². The number of unbranched alkanes of at least 4 members (excludes halogenated alkanes) is 1. The van der Waals surface area contributed by atoms with E-state index in [0.717, 1.165) is 25.0 Å². The zero-order valence-corrected chi connectivity index (χ0v) is 9.26. The number of aryl methyl sites for hydroxylation is 2. The molecule has 0 spiro atoms. The highest BCUT2D eigenvalue weighted by atomic mass is 16.5. The second kappa shape index (κ2) is 4.89. The fourth-order valence-corrected chi connectivity index (χ4v) is 1.45. The van der Waals surface area contributed by atoms with Gasteiger partial charge in [0, 0.05) is 13.5 Å². The van der Waals surface area contributed by atoms with Crippen LogP contribution in [-0.2, 0) is 13.5 Å². The summed E-state index contributed by atoms with van der Waals surface area (Å²) in [4.78, 5) is 8.31. The number of nitrogens with two attached hydrogens (primary N) is 1. The molecule has 0 unspecified atom stereocenters. The zero-order valence-electron chi connectivity index (χ0n) is 9.26. The Balaban J connectivity index is 2.05. The van der Waals surface area contributed by atoms with E-state index in [4.69, 9.17) is 10.3 Å². The number of nitrogens with zero attached hydrogens (tertiary/aromatic N) is 4. The van der Waals surface area contributed by atoms with Gasteiger partial charge in [0.15, 0.2) is 0 Å². The highest BCUT2D eigenvalue weighted by Gasteiger charge is 2.10. The molecule has 0 radical (unpaired) electrons. The molecule has 0 bridgehead atoms. The highest BCUT2D eigenvalue weighted by molar-refractivity contribution is 5.46. The van der Waals surface area contributed by atoms with Crippen LogP contribution in [0.1, 0.15) is 18.7 Å². The third-order valence-corrected chi connectivity index (χ3v) is 2.36. The maximum atomic E-state index is 5.42. The topological polar surface area (TPSA) is 82.8 Å². The number of imidazole rings is 1. The van der Waals surface area contributed by atoms with Gasteiger partial charge in [0.1, 0.15) is 5.69 Å². The summed E-state index contributed by atoms with van der Waals surface area (Å²) in [7, 11) is 1.90. The lowest BCUT2D eigenvalue weighted by Crippen LogP contribution is -1.99. The minimum atomic E-state index is 0.586. The normalized spacial score (nSPS) is 10.9. The van der Waals surface area contributed by atoms with Gasteiger partial charge in [0.2, 0.25) is 11.7 Å². The van der Waals surface area contributed by atoms with Crippen LogP contribution in [0.25, 0.3) is 11.5 Å². The maximum Gasteiger partial charge on any atom is 0.227 e. The fraction of sp³-hybridized carbons (Fsp3) is 0.500. The average Bonchev–Trinajstić information content (AvgIpc) is 2.87. The molecule has 0 saturated heterocycles. The van der Waals surface area contributed by atoms with Crippen LogP contribution in [0.3, 0.4) is 0 Å². The van der Waals surface area contributed by atoms with Crippen molar-refractivity contribution < 1.29 is 4.52 Å². The predicted molar refractivity (Wildman–Crippen MR) is 58.5 cm³/mol. The van der Waals surface area contributed by atoms with Crippen molar-refractivity contribution in [3.8, 4) is 11.5 Å². The van der Waals surface area contributed by atoms with E-state index in [2.05, 4.69) is 15.1 Å². The first-order valence-electron chi connectivity index (χ1n) is 5.30. The lowest BCUT2D eigenvalue weighted by Gasteiger charge is -1.93. The van der Waals surface area contributed by atoms with Crippen LogP contribution < -0.4 is 5.73 Å². The quantitative estimate of drug-likeness (QED) is 0.753. The molecule has 0 aliphatic heterocycles. The molecule has 2 N–H and O–H groups in total. The van der Waals surface area contributed by atoms with Gasteiger partial charge in [-0.2, -0.15) is 4.98 Å². The summed E-state index contributed by atoms with van der Waals surface area (Å²) in [5.74, 6) is 1.24. The second-order valence-corrected chi connectivity index (χ2v) is 3.65. The van der Waals surface area contributed by atoms with E-state index in [9.17, 15) is 0 Å². The Morgan fingerprint density at radius 3 is 3.00 bits per heavy atom. The third-order valence-electron chi connectivity index (χ3n) is 2.36. The van der Waals surface area contributed by atoms with E-state index in [1.165, 1.54) is 0 Å². The van der Waals surface area contributed by atoms with E-state index < -0.39 is 0 Å². The average molecular weight is 221 g/mol. The molecule has 2 aromatic heterocycles. The number of aromatic nitrogens is 4. The minimum absolute atomic E-state index is 0.586. The summed E-state index contributed by atoms with van der Waals surface area (Å²) in [5, 5.41) is 3.92. The lowest BCUT2D eigenvalue weighted by molar-refractivity contribution is 0.375. The van der Waals surface area contributed by atoms with Crippen LogP contribution in [0.2, 0.25) is 0 Å². The van der Waals surface area contributed by atoms with Gasteiger partial charge in [-0.3, -0.25) is 0 Å². The van der Waals surface area contributed by atoms with Crippen LogP contribution in [0.4, 0.5) is 0 Å². The van der Waals surface area contributed by atoms with E-state index >= 15 is 0 Å². The molecule has 0 amide bonds. The Morgan fingerprint density at radius 2 is 2.31 bits per heavy atom. The van der Waals surface area contributed by atoms with Crippen molar-refractivity contribution in [2.45, 2.75) is 19.3 Å². The van der Waals surface area contributed by atoms with Crippen molar-refractivity contribution >= 4 is 0 Å². The number of hydrogen-bond acceptors (Lipinski definition) is 5. The molecule has 16 heavy (non-hydrogen) atoms. The Morgan fingerprint density at radius 1 is 1.44 bits per heavy atom. The number of hydrogen-bond donors (Lipinski definition) is 1. The van der Waals surface area contributed by atoms with Gasteiger partial charge in [-0.05, 0) is 19.4 Å². The molecule has 0 saturated carbocycles. The molecular weight excluding hydrogens is 206 g/mol. The van der Waals surface area contributed by atoms with E-state index in [0.29, 0.717) is 18.3 Å². The molecule has 0 aliphatic rings. The van der Waals surface area contributed by atoms with Gasteiger partial charge in [0.25, 0.3) is 0 Å². The van der Waals surface area contributed by atoms with Gasteiger partial charge >= 0.3 is 0 Å². The van der Waals surface area contributed by atoms with Crippen LogP contribution in [0.15, 0.2) is 17.0 Å². The molecule has 2 aromatic rings. The van der Waals surface area contributed by atoms with E-state index in [-0.39, 0.29) is 0 Å². The molecule has 0 aliphatic carbocycles. The molecule has 6 heteroatoms. The molecule has 86 valence electrons. The molecule has 0 aromatic carbocycles. The predicted octanol–water partition coefficient (Wildman–Crippen LogP) is 0.751. The lowest BCUT2D eigenvalue weighted by atomic mass is 10.2. The summed E-state index contributed by atoms with van der Waals surface area (Å²) in [5.41, 5.74) is 6.27. The van der Waals surface area contributed by atoms with Crippen molar-refractivity contribution in [3.05, 3.63) is 18.4 Å². The molecule has 2 rings (SSSR count). The molecule has 0 atom stereocenters. The number of rotatable bonds is 5. The van der Waals surface area contributed by atoms with Crippen LogP contribution in [-0.4, -0.2) is 26.2 Å². The molecule has 0 fully saturated rings. The van der Waals surface area contributed by atoms with Crippen molar-refractivity contribution in [1.29, 1.82) is 0 Å². The first kappa shape index (κ1) is 10.8. The fourth-order valence-electron chi connectivity index (χ4n) is 1.45. The van der Waals surface area contributed by atoms with Gasteiger partial charge < -0.3 is 14.8 Å². The summed E-state index contributed by atoms with van der Waals surface area (Å²) in [6.45, 7) is 0.697. The summed E-state index contributed by atoms with van der Waals surface area (Å²) in [6, 6.07) is 0. The summed E-state index contributed by atoms with van der Waals surface area (Å²) >= 11 is 0. The van der Waals surface area contributed by atoms with Crippen LogP contribution >= 0.6 is 0 Å². The van der Waals surface area contributed by atoms with E-state index in [1.807, 2.05) is 11.6 Å². The van der Waals surface area contributed by atoms with E-state index in [1.54, 1.807) is 12.5 Å². The largest absolute Gasteiger partial charge is 0.339 e. The van der Waals surface area contributed by atoms with Crippen LogP contribution in [0.5, 0.6) is 0 Å². The van der Waals surface area contributed by atoms with Gasteiger partial charge in [-0.15, -0.1) is 0 Å². The van der Waals surface area contributed by atoms with Crippen molar-refractivity contribution in [1.82, 2.24) is 19.7 Å². The SMILES string of the molecule is Cn1cncc1-c1noc(CCCCN)n1. The zero-order chi connectivity index (χ0) is 11.4. The molecule has 2 heterocycles. The Labute approximate surface area is 93.5 Å². The summed E-state index contributed by atoms with van der Waals surface area (Å²) in [6.07, 6.45) is 6.16. The first-order valence-corrected chi connectivity index (χ1v) is 5.30. The molecule has 6 nitrogen and oxygen atoms in total. The Kier molecular flexibility index (Phi) is 3.31. The minimum Gasteiger partial charge on any atom is -0.339 e. The third kappa shape index (κ3) is 2.27.